The largest absolute Gasteiger partial charge is 0.497 e. The number of aryl methyl sites for hydroxylation is 1. The van der Waals surface area contributed by atoms with E-state index in [0.29, 0.717) is 23.9 Å². The fourth-order valence-corrected chi connectivity index (χ4v) is 4.33. The molecule has 0 aliphatic carbocycles. The maximum Gasteiger partial charge on any atom is 0.237 e. The first-order valence-corrected chi connectivity index (χ1v) is 11.8. The summed E-state index contributed by atoms with van der Waals surface area (Å²) >= 11 is 1.51. The van der Waals surface area contributed by atoms with Crippen LogP contribution < -0.4 is 4.74 Å². The van der Waals surface area contributed by atoms with Gasteiger partial charge >= 0.3 is 0 Å². The second-order valence-corrected chi connectivity index (χ2v) is 8.70. The van der Waals surface area contributed by atoms with E-state index < -0.39 is 0 Å². The van der Waals surface area contributed by atoms with Crippen LogP contribution in [0, 0.1) is 6.92 Å². The van der Waals surface area contributed by atoms with Crippen LogP contribution in [0.3, 0.4) is 0 Å². The van der Waals surface area contributed by atoms with Crippen LogP contribution >= 0.6 is 11.8 Å². The lowest BCUT2D eigenvalue weighted by Gasteiger charge is -2.10. The average Bonchev–Trinajstić information content (AvgIpc) is 3.51. The van der Waals surface area contributed by atoms with E-state index in [0.717, 1.165) is 33.5 Å². The first-order chi connectivity index (χ1) is 16.7. The highest BCUT2D eigenvalue weighted by Gasteiger charge is 2.18. The van der Waals surface area contributed by atoms with Crippen LogP contribution in [0.25, 0.3) is 17.1 Å². The molecular weight excluding hydrogens is 446 g/mol. The zero-order chi connectivity index (χ0) is 23.3. The first kappa shape index (κ1) is 21.9. The predicted octanol–water partition coefficient (Wildman–Crippen LogP) is 5.52. The minimum atomic E-state index is 0.494. The average molecular weight is 470 g/mol. The summed E-state index contributed by atoms with van der Waals surface area (Å²) in [6.07, 6.45) is 0.635. The number of hydrogen-bond acceptors (Lipinski definition) is 7. The van der Waals surface area contributed by atoms with E-state index in [9.17, 15) is 0 Å². The van der Waals surface area contributed by atoms with Gasteiger partial charge in [-0.15, -0.1) is 10.2 Å². The number of thioether (sulfide) groups is 1. The number of hydrogen-bond donors (Lipinski definition) is 0. The van der Waals surface area contributed by atoms with Gasteiger partial charge in [-0.05, 0) is 48.9 Å². The van der Waals surface area contributed by atoms with Gasteiger partial charge in [0.15, 0.2) is 16.8 Å². The third-order valence-corrected chi connectivity index (χ3v) is 6.23. The molecule has 0 unspecified atom stereocenters. The molecule has 0 N–H and O–H groups in total. The van der Waals surface area contributed by atoms with Crippen molar-refractivity contribution in [1.82, 2.24) is 24.9 Å². The highest BCUT2D eigenvalue weighted by Crippen LogP contribution is 2.30. The summed E-state index contributed by atoms with van der Waals surface area (Å²) in [4.78, 5) is 4.55. The number of benzene rings is 3. The van der Waals surface area contributed by atoms with Crippen LogP contribution in [-0.2, 0) is 12.2 Å². The zero-order valence-corrected chi connectivity index (χ0v) is 19.7. The molecule has 0 fully saturated rings. The van der Waals surface area contributed by atoms with Crippen molar-refractivity contribution in [2.45, 2.75) is 24.3 Å². The zero-order valence-electron chi connectivity index (χ0n) is 18.9. The Morgan fingerprint density at radius 2 is 1.68 bits per heavy atom. The molecule has 34 heavy (non-hydrogen) atoms. The van der Waals surface area contributed by atoms with Gasteiger partial charge in [-0.3, -0.25) is 4.57 Å². The van der Waals surface area contributed by atoms with E-state index in [4.69, 9.17) is 9.26 Å². The van der Waals surface area contributed by atoms with Crippen LogP contribution in [-0.4, -0.2) is 32.0 Å². The number of ether oxygens (including phenoxy) is 1. The van der Waals surface area contributed by atoms with Crippen molar-refractivity contribution in [3.63, 3.8) is 0 Å². The first-order valence-electron chi connectivity index (χ1n) is 10.8. The molecule has 7 nitrogen and oxygen atoms in total. The Hall–Kier alpha value is -3.91. The van der Waals surface area contributed by atoms with Crippen molar-refractivity contribution in [3.05, 3.63) is 102 Å². The van der Waals surface area contributed by atoms with E-state index in [1.807, 2.05) is 47.0 Å². The third kappa shape index (κ3) is 4.87. The quantitative estimate of drug-likeness (QED) is 0.277. The van der Waals surface area contributed by atoms with Crippen molar-refractivity contribution in [1.29, 1.82) is 0 Å². The number of aromatic nitrogens is 5. The summed E-state index contributed by atoms with van der Waals surface area (Å²) in [5.41, 5.74) is 4.27. The standard InChI is InChI=1S/C26H23N5O2S/c1-18-8-12-21(13-9-18)31-25(20-10-14-22(32-2)15-11-20)28-29-26(31)34-17-24-27-23(30-33-24)16-19-6-4-3-5-7-19/h3-15H,16-17H2,1-2H3. The molecule has 0 bridgehead atoms. The van der Waals surface area contributed by atoms with Gasteiger partial charge in [0, 0.05) is 17.7 Å². The topological polar surface area (TPSA) is 78.9 Å². The van der Waals surface area contributed by atoms with Crippen molar-refractivity contribution >= 4 is 11.8 Å². The van der Waals surface area contributed by atoms with Crippen LogP contribution in [0.15, 0.2) is 88.5 Å². The molecule has 0 saturated carbocycles. The number of nitrogens with zero attached hydrogens (tertiary/aromatic N) is 5. The highest BCUT2D eigenvalue weighted by molar-refractivity contribution is 7.98. The lowest BCUT2D eigenvalue weighted by atomic mass is 10.1. The predicted molar refractivity (Wildman–Crippen MR) is 131 cm³/mol. The maximum atomic E-state index is 5.48. The Kier molecular flexibility index (Phi) is 6.40. The molecule has 0 radical (unpaired) electrons. The Balaban J connectivity index is 1.40. The molecule has 0 aliphatic rings. The fourth-order valence-electron chi connectivity index (χ4n) is 3.54. The van der Waals surface area contributed by atoms with Gasteiger partial charge in [-0.2, -0.15) is 4.98 Å². The summed E-state index contributed by atoms with van der Waals surface area (Å²) in [6.45, 7) is 2.07. The lowest BCUT2D eigenvalue weighted by Crippen LogP contribution is -2.00. The maximum absolute atomic E-state index is 5.48. The van der Waals surface area contributed by atoms with Crippen LogP contribution in [0.5, 0.6) is 5.75 Å². The molecule has 8 heteroatoms. The monoisotopic (exact) mass is 469 g/mol. The van der Waals surface area contributed by atoms with E-state index >= 15 is 0 Å². The van der Waals surface area contributed by atoms with Gasteiger partial charge in [0.1, 0.15) is 5.75 Å². The summed E-state index contributed by atoms with van der Waals surface area (Å²) in [6, 6.07) is 26.2. The van der Waals surface area contributed by atoms with Crippen molar-refractivity contribution < 1.29 is 9.26 Å². The van der Waals surface area contributed by atoms with Crippen LogP contribution in [0.1, 0.15) is 22.8 Å². The molecule has 0 aliphatic heterocycles. The second-order valence-electron chi connectivity index (χ2n) is 7.76. The SMILES string of the molecule is COc1ccc(-c2nnc(SCc3nc(Cc4ccccc4)no3)n2-c2ccc(C)cc2)cc1. The third-order valence-electron chi connectivity index (χ3n) is 5.31. The molecule has 5 aromatic rings. The summed E-state index contributed by atoms with van der Waals surface area (Å²) in [5.74, 6) is 3.27. The normalized spacial score (nSPS) is 11.0. The number of rotatable bonds is 8. The summed E-state index contributed by atoms with van der Waals surface area (Å²) in [7, 11) is 1.65. The summed E-state index contributed by atoms with van der Waals surface area (Å²) < 4.78 is 12.8. The molecule has 0 atom stereocenters. The highest BCUT2D eigenvalue weighted by atomic mass is 32.2. The number of methoxy groups -OCH3 is 1. The molecule has 170 valence electrons. The van der Waals surface area contributed by atoms with Crippen molar-refractivity contribution in [2.75, 3.05) is 7.11 Å². The van der Waals surface area contributed by atoms with Gasteiger partial charge in [-0.1, -0.05) is 64.9 Å². The lowest BCUT2D eigenvalue weighted by molar-refractivity contribution is 0.385. The van der Waals surface area contributed by atoms with Gasteiger partial charge in [0.05, 0.1) is 12.9 Å². The molecule has 3 aromatic carbocycles. The van der Waals surface area contributed by atoms with Crippen LogP contribution in [0.2, 0.25) is 0 Å². The Morgan fingerprint density at radius 3 is 2.41 bits per heavy atom. The second kappa shape index (κ2) is 9.93. The Labute approximate surface area is 201 Å². The van der Waals surface area contributed by atoms with Gasteiger partial charge in [0.2, 0.25) is 5.89 Å². The Morgan fingerprint density at radius 1 is 0.912 bits per heavy atom. The van der Waals surface area contributed by atoms with Crippen LogP contribution in [0.4, 0.5) is 0 Å². The minimum absolute atomic E-state index is 0.494. The van der Waals surface area contributed by atoms with Gasteiger partial charge in [-0.25, -0.2) is 0 Å². The smallest absolute Gasteiger partial charge is 0.237 e. The van der Waals surface area contributed by atoms with E-state index in [1.54, 1.807) is 7.11 Å². The van der Waals surface area contributed by atoms with Crippen molar-refractivity contribution in [2.24, 2.45) is 0 Å². The molecule has 2 aromatic heterocycles. The molecular formula is C26H23N5O2S. The van der Waals surface area contributed by atoms with E-state index in [-0.39, 0.29) is 0 Å². The summed E-state index contributed by atoms with van der Waals surface area (Å²) in [5, 5.41) is 13.9. The van der Waals surface area contributed by atoms with Gasteiger partial charge in [0.25, 0.3) is 0 Å². The molecule has 0 spiro atoms. The van der Waals surface area contributed by atoms with Gasteiger partial charge < -0.3 is 9.26 Å². The fraction of sp³-hybridized carbons (Fsp3) is 0.154. The molecule has 0 saturated heterocycles. The minimum Gasteiger partial charge on any atom is -0.497 e. The Bertz CT molecular complexity index is 1360. The molecule has 2 heterocycles. The molecule has 5 rings (SSSR count). The molecule has 0 amide bonds. The van der Waals surface area contributed by atoms with Crippen molar-refractivity contribution in [3.8, 4) is 22.8 Å². The van der Waals surface area contributed by atoms with E-state index in [1.165, 1.54) is 17.3 Å². The van der Waals surface area contributed by atoms with E-state index in [2.05, 4.69) is 63.7 Å².